The van der Waals surface area contributed by atoms with E-state index in [0.29, 0.717) is 32.8 Å². The van der Waals surface area contributed by atoms with E-state index in [9.17, 15) is 9.59 Å². The highest BCUT2D eigenvalue weighted by Crippen LogP contribution is 2.22. The lowest BCUT2D eigenvalue weighted by Crippen LogP contribution is -2.53. The molecule has 3 rings (SSSR count). The van der Waals surface area contributed by atoms with Crippen molar-refractivity contribution in [3.8, 4) is 0 Å². The van der Waals surface area contributed by atoms with Crippen LogP contribution in [0.1, 0.15) is 29.5 Å². The second-order valence-electron chi connectivity index (χ2n) is 7.02. The topological polar surface area (TPSA) is 61.9 Å². The van der Waals surface area contributed by atoms with Crippen molar-refractivity contribution in [1.82, 2.24) is 9.80 Å². The van der Waals surface area contributed by atoms with Crippen LogP contribution in [-0.2, 0) is 9.53 Å². The highest BCUT2D eigenvalue weighted by atomic mass is 16.5. The van der Waals surface area contributed by atoms with Crippen LogP contribution in [0.2, 0.25) is 0 Å². The lowest BCUT2D eigenvalue weighted by molar-refractivity contribution is -0.142. The number of amides is 3. The maximum absolute atomic E-state index is 12.6. The first-order valence-electron chi connectivity index (χ1n) is 9.00. The molecular formula is C19H27N3O3. The van der Waals surface area contributed by atoms with Gasteiger partial charge in [0, 0.05) is 38.5 Å². The van der Waals surface area contributed by atoms with E-state index in [2.05, 4.69) is 24.4 Å². The number of piperazine rings is 1. The minimum atomic E-state index is -0.279. The van der Waals surface area contributed by atoms with Gasteiger partial charge < -0.3 is 19.9 Å². The van der Waals surface area contributed by atoms with E-state index < -0.39 is 0 Å². The fourth-order valence-corrected chi connectivity index (χ4v) is 3.67. The Morgan fingerprint density at radius 1 is 1.04 bits per heavy atom. The molecule has 2 aliphatic rings. The van der Waals surface area contributed by atoms with Crippen molar-refractivity contribution in [2.75, 3.05) is 38.1 Å². The minimum absolute atomic E-state index is 0.0720. The summed E-state index contributed by atoms with van der Waals surface area (Å²) in [6.07, 6.45) is 1.48. The van der Waals surface area contributed by atoms with Gasteiger partial charge in [0.15, 0.2) is 0 Å². The Balaban J connectivity index is 1.56. The molecular weight excluding hydrogens is 318 g/mol. The normalized spacial score (nSPS) is 20.7. The Kier molecular flexibility index (Phi) is 5.27. The van der Waals surface area contributed by atoms with Gasteiger partial charge in [-0.3, -0.25) is 4.79 Å². The largest absolute Gasteiger partial charge is 0.368 e. The summed E-state index contributed by atoms with van der Waals surface area (Å²) < 4.78 is 5.47. The van der Waals surface area contributed by atoms with Gasteiger partial charge in [-0.05, 0) is 44.7 Å². The Hall–Kier alpha value is -2.08. The van der Waals surface area contributed by atoms with Gasteiger partial charge in [-0.15, -0.1) is 0 Å². The first kappa shape index (κ1) is 17.7. The molecule has 3 amide bonds. The molecule has 2 aliphatic heterocycles. The fourth-order valence-electron chi connectivity index (χ4n) is 3.67. The summed E-state index contributed by atoms with van der Waals surface area (Å²) in [6, 6.07) is 4.04. The third-order valence-electron chi connectivity index (χ3n) is 4.99. The number of aryl methyl sites for hydroxylation is 3. The van der Waals surface area contributed by atoms with Crippen LogP contribution in [0.15, 0.2) is 12.1 Å². The zero-order valence-electron chi connectivity index (χ0n) is 15.3. The summed E-state index contributed by atoms with van der Waals surface area (Å²) in [5.41, 5.74) is 4.21. The molecule has 0 saturated carbocycles. The lowest BCUT2D eigenvalue weighted by Gasteiger charge is -2.35. The maximum atomic E-state index is 12.6. The van der Waals surface area contributed by atoms with Crippen molar-refractivity contribution in [3.05, 3.63) is 28.8 Å². The van der Waals surface area contributed by atoms with E-state index >= 15 is 0 Å². The Morgan fingerprint density at radius 3 is 2.20 bits per heavy atom. The smallest absolute Gasteiger partial charge is 0.321 e. The summed E-state index contributed by atoms with van der Waals surface area (Å²) >= 11 is 0. The second-order valence-corrected chi connectivity index (χ2v) is 7.02. The van der Waals surface area contributed by atoms with Crippen LogP contribution in [0.25, 0.3) is 0 Å². The molecule has 2 saturated heterocycles. The first-order valence-corrected chi connectivity index (χ1v) is 9.00. The summed E-state index contributed by atoms with van der Waals surface area (Å²) in [7, 11) is 0. The van der Waals surface area contributed by atoms with E-state index in [0.717, 1.165) is 29.7 Å². The monoisotopic (exact) mass is 345 g/mol. The third kappa shape index (κ3) is 3.95. The third-order valence-corrected chi connectivity index (χ3v) is 4.99. The van der Waals surface area contributed by atoms with Crippen LogP contribution in [-0.4, -0.2) is 60.6 Å². The first-order chi connectivity index (χ1) is 12.0. The predicted molar refractivity (Wildman–Crippen MR) is 96.8 cm³/mol. The van der Waals surface area contributed by atoms with E-state index in [-0.39, 0.29) is 18.0 Å². The minimum Gasteiger partial charge on any atom is -0.368 e. The number of carbonyl (C=O) groups is 2. The molecule has 0 spiro atoms. The number of ether oxygens (including phenoxy) is 1. The van der Waals surface area contributed by atoms with Crippen molar-refractivity contribution in [1.29, 1.82) is 0 Å². The molecule has 0 radical (unpaired) electrons. The number of benzene rings is 1. The molecule has 2 heterocycles. The van der Waals surface area contributed by atoms with Gasteiger partial charge in [-0.1, -0.05) is 17.7 Å². The highest BCUT2D eigenvalue weighted by Gasteiger charge is 2.31. The molecule has 1 unspecified atom stereocenters. The van der Waals surface area contributed by atoms with Gasteiger partial charge in [0.05, 0.1) is 0 Å². The molecule has 0 bridgehead atoms. The summed E-state index contributed by atoms with van der Waals surface area (Å²) in [5, 5.41) is 3.03. The molecule has 0 aromatic heterocycles. The van der Waals surface area contributed by atoms with Crippen LogP contribution in [0.3, 0.4) is 0 Å². The van der Waals surface area contributed by atoms with Gasteiger partial charge in [0.1, 0.15) is 6.10 Å². The maximum Gasteiger partial charge on any atom is 0.321 e. The summed E-state index contributed by atoms with van der Waals surface area (Å²) in [4.78, 5) is 28.5. The number of carbonyl (C=O) groups excluding carboxylic acids is 2. The van der Waals surface area contributed by atoms with Crippen LogP contribution < -0.4 is 5.32 Å². The van der Waals surface area contributed by atoms with Gasteiger partial charge >= 0.3 is 6.03 Å². The number of urea groups is 1. The second kappa shape index (κ2) is 7.44. The van der Waals surface area contributed by atoms with Crippen molar-refractivity contribution >= 4 is 17.6 Å². The zero-order chi connectivity index (χ0) is 18.0. The van der Waals surface area contributed by atoms with Gasteiger partial charge in [-0.2, -0.15) is 0 Å². The number of hydrogen-bond acceptors (Lipinski definition) is 3. The highest BCUT2D eigenvalue weighted by molar-refractivity contribution is 5.91. The van der Waals surface area contributed by atoms with Crippen LogP contribution in [0.5, 0.6) is 0 Å². The van der Waals surface area contributed by atoms with Crippen molar-refractivity contribution in [2.24, 2.45) is 0 Å². The molecule has 1 aromatic rings. The van der Waals surface area contributed by atoms with Crippen molar-refractivity contribution < 1.29 is 14.3 Å². The summed E-state index contributed by atoms with van der Waals surface area (Å²) in [5.74, 6) is 0.0720. The Labute approximate surface area is 149 Å². The Bertz CT molecular complexity index is 637. The van der Waals surface area contributed by atoms with E-state index in [1.165, 1.54) is 5.56 Å². The van der Waals surface area contributed by atoms with Gasteiger partial charge in [0.25, 0.3) is 5.91 Å². The number of rotatable bonds is 2. The summed E-state index contributed by atoms with van der Waals surface area (Å²) in [6.45, 7) is 8.98. The average Bonchev–Trinajstić information content (AvgIpc) is 3.12. The molecule has 136 valence electrons. The molecule has 25 heavy (non-hydrogen) atoms. The molecule has 0 aliphatic carbocycles. The van der Waals surface area contributed by atoms with Crippen molar-refractivity contribution in [2.45, 2.75) is 39.7 Å². The van der Waals surface area contributed by atoms with E-state index in [1.807, 2.05) is 18.7 Å². The van der Waals surface area contributed by atoms with E-state index in [4.69, 9.17) is 4.74 Å². The molecule has 1 atom stereocenters. The van der Waals surface area contributed by atoms with E-state index in [1.54, 1.807) is 4.90 Å². The molecule has 6 heteroatoms. The lowest BCUT2D eigenvalue weighted by atomic mass is 10.1. The zero-order valence-corrected chi connectivity index (χ0v) is 15.3. The SMILES string of the molecule is Cc1cc(C)c(NC(=O)N2CCN(C(=O)C3CCCO3)CC2)c(C)c1. The van der Waals surface area contributed by atoms with Crippen LogP contribution >= 0.6 is 0 Å². The van der Waals surface area contributed by atoms with Crippen LogP contribution in [0, 0.1) is 20.8 Å². The number of nitrogens with zero attached hydrogens (tertiary/aromatic N) is 2. The molecule has 2 fully saturated rings. The molecule has 1 aromatic carbocycles. The van der Waals surface area contributed by atoms with Crippen molar-refractivity contribution in [3.63, 3.8) is 0 Å². The standard InChI is InChI=1S/C19H27N3O3/c1-13-11-14(2)17(15(3)12-13)20-19(24)22-8-6-21(7-9-22)18(23)16-5-4-10-25-16/h11-12,16H,4-10H2,1-3H3,(H,20,24). The van der Waals surface area contributed by atoms with Crippen LogP contribution in [0.4, 0.5) is 10.5 Å². The average molecular weight is 345 g/mol. The number of anilines is 1. The fraction of sp³-hybridized carbons (Fsp3) is 0.579. The number of hydrogen-bond donors (Lipinski definition) is 1. The predicted octanol–water partition coefficient (Wildman–Crippen LogP) is 2.47. The van der Waals surface area contributed by atoms with Gasteiger partial charge in [0.2, 0.25) is 0 Å². The quantitative estimate of drug-likeness (QED) is 0.896. The Morgan fingerprint density at radius 2 is 1.64 bits per heavy atom. The number of nitrogens with one attached hydrogen (secondary N) is 1. The molecule has 1 N–H and O–H groups in total. The molecule has 6 nitrogen and oxygen atoms in total. The van der Waals surface area contributed by atoms with Gasteiger partial charge in [-0.25, -0.2) is 4.79 Å².